The fraction of sp³-hybridized carbons (Fsp3) is 0.769. The second-order valence-corrected chi connectivity index (χ2v) is 11.6. The monoisotopic (exact) mass is 414 g/mol. The average molecular weight is 415 g/mol. The van der Waals surface area contributed by atoms with Gasteiger partial charge < -0.3 is 14.6 Å². The quantitative estimate of drug-likeness (QED) is 0.521. The lowest BCUT2D eigenvalue weighted by Gasteiger charge is -2.59. The summed E-state index contributed by atoms with van der Waals surface area (Å²) in [5, 5.41) is 12.2. The number of hydrogen-bond acceptors (Lipinski definition) is 4. The number of ether oxygens (including phenoxy) is 1. The van der Waals surface area contributed by atoms with Gasteiger partial charge in [0.1, 0.15) is 12.4 Å². The summed E-state index contributed by atoms with van der Waals surface area (Å²) in [7, 11) is 0. The van der Waals surface area contributed by atoms with Gasteiger partial charge in [-0.25, -0.2) is 0 Å². The first-order valence-corrected chi connectivity index (χ1v) is 11.8. The molecule has 4 heteroatoms. The van der Waals surface area contributed by atoms with Gasteiger partial charge in [0.05, 0.1) is 16.4 Å². The Labute approximate surface area is 181 Å². The van der Waals surface area contributed by atoms with Crippen molar-refractivity contribution >= 4 is 12.3 Å². The van der Waals surface area contributed by atoms with Crippen LogP contribution in [0, 0.1) is 34.0 Å². The minimum Gasteiger partial charge on any atom is -0.462 e. The third-order valence-electron chi connectivity index (χ3n) is 9.13. The maximum Gasteiger partial charge on any atom is 0.311 e. The minimum atomic E-state index is -0.863. The molecular weight excluding hydrogens is 376 g/mol. The molecule has 30 heavy (non-hydrogen) atoms. The molecule has 4 nitrogen and oxygen atoms in total. The summed E-state index contributed by atoms with van der Waals surface area (Å²) in [6.45, 7) is 9.81. The van der Waals surface area contributed by atoms with Crippen LogP contribution in [0.4, 0.5) is 0 Å². The maximum atomic E-state index is 12.5. The second-order valence-electron chi connectivity index (χ2n) is 11.6. The van der Waals surface area contributed by atoms with E-state index < -0.39 is 16.4 Å². The Balaban J connectivity index is 1.65. The fourth-order valence-corrected chi connectivity index (χ4v) is 7.30. The van der Waals surface area contributed by atoms with Gasteiger partial charge in [-0.2, -0.15) is 0 Å². The van der Waals surface area contributed by atoms with Crippen molar-refractivity contribution in [2.24, 2.45) is 34.0 Å². The van der Waals surface area contributed by atoms with Gasteiger partial charge >= 0.3 is 5.97 Å². The average Bonchev–Trinajstić information content (AvgIpc) is 2.98. The molecule has 4 aliphatic rings. The molecule has 0 heterocycles. The Morgan fingerprint density at radius 2 is 2.00 bits per heavy atom. The molecular formula is C26H38O4. The molecule has 0 saturated heterocycles. The normalized spacial score (nSPS) is 43.7. The second kappa shape index (κ2) is 7.05. The number of fused-ring (bicyclic) bond motifs is 5. The predicted octanol–water partition coefficient (Wildman–Crippen LogP) is 5.00. The highest BCUT2D eigenvalue weighted by molar-refractivity contribution is 5.75. The smallest absolute Gasteiger partial charge is 0.311 e. The van der Waals surface area contributed by atoms with Crippen molar-refractivity contribution < 1.29 is 19.4 Å². The van der Waals surface area contributed by atoms with Crippen LogP contribution in [0.1, 0.15) is 79.6 Å². The van der Waals surface area contributed by atoms with Crippen molar-refractivity contribution in [1.82, 2.24) is 0 Å². The molecule has 0 aromatic heterocycles. The number of carbonyl (C=O) groups is 2. The third kappa shape index (κ3) is 2.89. The Morgan fingerprint density at radius 3 is 2.67 bits per heavy atom. The molecule has 4 aliphatic carbocycles. The van der Waals surface area contributed by atoms with E-state index in [0.29, 0.717) is 6.42 Å². The number of esters is 1. The summed E-state index contributed by atoms with van der Waals surface area (Å²) < 4.78 is 5.89. The van der Waals surface area contributed by atoms with Crippen molar-refractivity contribution in [3.8, 4) is 0 Å². The minimum absolute atomic E-state index is 0.0211. The zero-order valence-electron chi connectivity index (χ0n) is 19.2. The highest BCUT2D eigenvalue weighted by Crippen LogP contribution is 2.67. The summed E-state index contributed by atoms with van der Waals surface area (Å²) in [5.74, 6) is 0.0823. The summed E-state index contributed by atoms with van der Waals surface area (Å²) in [5.41, 5.74) is -0.987. The number of rotatable bonds is 3. The summed E-state index contributed by atoms with van der Waals surface area (Å²) in [6, 6.07) is 0. The molecule has 4 rings (SSSR count). The number of carbonyl (C=O) groups excluding carboxylic acids is 2. The van der Waals surface area contributed by atoms with Crippen molar-refractivity contribution in [3.05, 3.63) is 23.8 Å². The zero-order chi connectivity index (χ0) is 21.9. The largest absolute Gasteiger partial charge is 0.462 e. The third-order valence-corrected chi connectivity index (χ3v) is 9.13. The van der Waals surface area contributed by atoms with Gasteiger partial charge in [-0.05, 0) is 84.1 Å². The maximum absolute atomic E-state index is 12.5. The molecule has 166 valence electrons. The molecule has 0 aliphatic heterocycles. The highest BCUT2D eigenvalue weighted by atomic mass is 16.5. The summed E-state index contributed by atoms with van der Waals surface area (Å²) in [4.78, 5) is 24.9. The van der Waals surface area contributed by atoms with Gasteiger partial charge in [-0.1, -0.05) is 25.2 Å². The van der Waals surface area contributed by atoms with E-state index >= 15 is 0 Å². The van der Waals surface area contributed by atoms with Crippen LogP contribution in [0.5, 0.6) is 0 Å². The van der Waals surface area contributed by atoms with Crippen LogP contribution >= 0.6 is 0 Å². The number of allylic oxidation sites excluding steroid dienone is 3. The molecule has 2 fully saturated rings. The molecule has 0 aromatic carbocycles. The SMILES string of the molecule is CC(OC(=O)C(C)(C)C)[C@H]1CC[C@@]2(O)[C@@H]3C=CC4=CCCC[C@@]4(C=O)[C@H]3CC[C@]12C. The van der Waals surface area contributed by atoms with Crippen LogP contribution in [0.25, 0.3) is 0 Å². The molecule has 2 saturated carbocycles. The van der Waals surface area contributed by atoms with Crippen LogP contribution in [-0.4, -0.2) is 29.1 Å². The van der Waals surface area contributed by atoms with E-state index in [1.165, 1.54) is 11.9 Å². The van der Waals surface area contributed by atoms with E-state index in [9.17, 15) is 14.7 Å². The van der Waals surface area contributed by atoms with Gasteiger partial charge in [-0.3, -0.25) is 4.79 Å². The molecule has 0 radical (unpaired) electrons. The number of hydrogen-bond donors (Lipinski definition) is 1. The first-order chi connectivity index (χ1) is 14.0. The van der Waals surface area contributed by atoms with Gasteiger partial charge in [0, 0.05) is 17.3 Å². The molecule has 1 N–H and O–H groups in total. The van der Waals surface area contributed by atoms with Crippen molar-refractivity contribution in [2.45, 2.75) is 91.3 Å². The summed E-state index contributed by atoms with van der Waals surface area (Å²) >= 11 is 0. The lowest BCUT2D eigenvalue weighted by atomic mass is 9.46. The van der Waals surface area contributed by atoms with E-state index in [1.807, 2.05) is 27.7 Å². The van der Waals surface area contributed by atoms with Crippen LogP contribution in [0.15, 0.2) is 23.8 Å². The van der Waals surface area contributed by atoms with E-state index in [0.717, 1.165) is 38.5 Å². The molecule has 0 amide bonds. The van der Waals surface area contributed by atoms with Crippen LogP contribution < -0.4 is 0 Å². The van der Waals surface area contributed by atoms with Crippen molar-refractivity contribution in [3.63, 3.8) is 0 Å². The first-order valence-electron chi connectivity index (χ1n) is 11.8. The topological polar surface area (TPSA) is 63.6 Å². The predicted molar refractivity (Wildman–Crippen MR) is 117 cm³/mol. The Morgan fingerprint density at radius 1 is 1.27 bits per heavy atom. The van der Waals surface area contributed by atoms with Crippen molar-refractivity contribution in [1.29, 1.82) is 0 Å². The van der Waals surface area contributed by atoms with E-state index in [4.69, 9.17) is 4.74 Å². The van der Waals surface area contributed by atoms with E-state index in [-0.39, 0.29) is 35.2 Å². The van der Waals surface area contributed by atoms with Crippen LogP contribution in [0.2, 0.25) is 0 Å². The lowest BCUT2D eigenvalue weighted by Crippen LogP contribution is -2.61. The Kier molecular flexibility index (Phi) is 5.12. The van der Waals surface area contributed by atoms with E-state index in [2.05, 4.69) is 25.2 Å². The standard InChI is InChI=1S/C26H38O4/c1-17(30-22(28)23(2,3)4)19-12-15-26(29)21-10-9-18-8-6-7-13-25(18,16-27)20(21)11-14-24(19,26)5/h8-10,16-17,19-21,29H,6-7,11-15H2,1-5H3/t17?,19-,20+,21-,24-,25+,26-/m1/s1. The molecule has 0 spiro atoms. The van der Waals surface area contributed by atoms with E-state index in [1.54, 1.807) is 0 Å². The van der Waals surface area contributed by atoms with Crippen molar-refractivity contribution in [2.75, 3.05) is 0 Å². The lowest BCUT2D eigenvalue weighted by molar-refractivity contribution is -0.183. The van der Waals surface area contributed by atoms with Gasteiger partial charge in [0.2, 0.25) is 0 Å². The van der Waals surface area contributed by atoms with Crippen LogP contribution in [0.3, 0.4) is 0 Å². The number of aldehydes is 1. The van der Waals surface area contributed by atoms with Gasteiger partial charge in [-0.15, -0.1) is 0 Å². The fourth-order valence-electron chi connectivity index (χ4n) is 7.30. The van der Waals surface area contributed by atoms with Gasteiger partial charge in [0.15, 0.2) is 0 Å². The highest BCUT2D eigenvalue weighted by Gasteiger charge is 2.67. The molecule has 0 aromatic rings. The summed E-state index contributed by atoms with van der Waals surface area (Å²) in [6.07, 6.45) is 13.8. The molecule has 1 unspecified atom stereocenters. The van der Waals surface area contributed by atoms with Gasteiger partial charge in [0.25, 0.3) is 0 Å². The Bertz CT molecular complexity index is 789. The molecule has 0 bridgehead atoms. The molecule has 7 atom stereocenters. The Hall–Kier alpha value is -1.42. The zero-order valence-corrected chi connectivity index (χ0v) is 19.2. The number of aliphatic hydroxyl groups is 1. The first kappa shape index (κ1) is 21.8. The van der Waals surface area contributed by atoms with Crippen LogP contribution in [-0.2, 0) is 14.3 Å².